The number of halogens is 1. The average molecular weight is 312 g/mol. The molecule has 0 fully saturated rings. The summed E-state index contributed by atoms with van der Waals surface area (Å²) in [6.07, 6.45) is 0.148. The third-order valence-electron chi connectivity index (χ3n) is 3.42. The fourth-order valence-corrected chi connectivity index (χ4v) is 2.44. The molecule has 20 heavy (non-hydrogen) atoms. The van der Waals surface area contributed by atoms with Crippen LogP contribution in [0.4, 0.5) is 0 Å². The third-order valence-corrected chi connectivity index (χ3v) is 4.08. The van der Waals surface area contributed by atoms with Gasteiger partial charge in [0.2, 0.25) is 0 Å². The van der Waals surface area contributed by atoms with Crippen molar-refractivity contribution in [2.45, 2.75) is 32.9 Å². The first-order valence-corrected chi connectivity index (χ1v) is 7.40. The van der Waals surface area contributed by atoms with Gasteiger partial charge in [0, 0.05) is 17.1 Å². The van der Waals surface area contributed by atoms with E-state index in [1.807, 2.05) is 16.7 Å². The van der Waals surface area contributed by atoms with E-state index in [-0.39, 0.29) is 0 Å². The van der Waals surface area contributed by atoms with Crippen molar-refractivity contribution >= 4 is 23.8 Å². The number of nitrogens with one attached hydrogen (secondary N) is 1. The highest BCUT2D eigenvalue weighted by atomic mass is 35.5. The molecule has 1 aromatic heterocycles. The molecule has 2 rings (SSSR count). The van der Waals surface area contributed by atoms with Gasteiger partial charge < -0.3 is 9.67 Å². The van der Waals surface area contributed by atoms with Crippen molar-refractivity contribution in [3.63, 3.8) is 0 Å². The van der Waals surface area contributed by atoms with Gasteiger partial charge in [-0.15, -0.1) is 0 Å². The molecule has 108 valence electrons. The molecule has 0 saturated carbocycles. The molecular formula is C14H18ClN3OS. The molecule has 0 aliphatic rings. The lowest BCUT2D eigenvalue weighted by atomic mass is 10.1. The zero-order valence-electron chi connectivity index (χ0n) is 11.5. The summed E-state index contributed by atoms with van der Waals surface area (Å²) in [6, 6.07) is 7.21. The van der Waals surface area contributed by atoms with Crippen LogP contribution in [-0.4, -0.2) is 19.9 Å². The van der Waals surface area contributed by atoms with Gasteiger partial charge in [0.05, 0.1) is 0 Å². The van der Waals surface area contributed by atoms with Gasteiger partial charge in [-0.3, -0.25) is 5.10 Å². The van der Waals surface area contributed by atoms with E-state index in [9.17, 15) is 5.11 Å². The summed E-state index contributed by atoms with van der Waals surface area (Å²) >= 11 is 11.4. The van der Waals surface area contributed by atoms with E-state index in [2.05, 4.69) is 24.0 Å². The lowest BCUT2D eigenvalue weighted by Gasteiger charge is -2.16. The Balaban J connectivity index is 2.38. The number of benzene rings is 1. The minimum Gasteiger partial charge on any atom is -0.380 e. The Morgan fingerprint density at radius 3 is 2.80 bits per heavy atom. The van der Waals surface area contributed by atoms with E-state index in [4.69, 9.17) is 23.8 Å². The van der Waals surface area contributed by atoms with Gasteiger partial charge in [-0.25, -0.2) is 0 Å². The highest BCUT2D eigenvalue weighted by Crippen LogP contribution is 2.27. The van der Waals surface area contributed by atoms with Crippen LogP contribution in [0, 0.1) is 10.7 Å². The first kappa shape index (κ1) is 15.2. The van der Waals surface area contributed by atoms with Crippen LogP contribution in [0.3, 0.4) is 0 Å². The fraction of sp³-hybridized carbons (Fsp3) is 0.429. The Morgan fingerprint density at radius 2 is 2.15 bits per heavy atom. The monoisotopic (exact) mass is 311 g/mol. The number of aromatic nitrogens is 3. The molecule has 2 N–H and O–H groups in total. The first-order chi connectivity index (χ1) is 9.54. The van der Waals surface area contributed by atoms with Gasteiger partial charge in [-0.05, 0) is 24.2 Å². The molecule has 0 radical (unpaired) electrons. The van der Waals surface area contributed by atoms with E-state index in [1.165, 1.54) is 0 Å². The van der Waals surface area contributed by atoms with Gasteiger partial charge in [0.1, 0.15) is 6.10 Å². The second-order valence-electron chi connectivity index (χ2n) is 4.94. The summed E-state index contributed by atoms with van der Waals surface area (Å²) in [5, 5.41) is 17.9. The quantitative estimate of drug-likeness (QED) is 0.827. The summed E-state index contributed by atoms with van der Waals surface area (Å²) in [5.41, 5.74) is 0.633. The van der Waals surface area contributed by atoms with E-state index in [0.29, 0.717) is 27.1 Å². The van der Waals surface area contributed by atoms with Crippen molar-refractivity contribution in [2.24, 2.45) is 5.92 Å². The maximum absolute atomic E-state index is 10.5. The molecule has 6 heteroatoms. The molecule has 0 aliphatic carbocycles. The number of aliphatic hydroxyl groups is 1. The SMILES string of the molecule is CCC(C)Cn1c(C(O)c2ccccc2Cl)n[nH]c1=S. The van der Waals surface area contributed by atoms with E-state index in [1.54, 1.807) is 12.1 Å². The topological polar surface area (TPSA) is 53.8 Å². The minimum absolute atomic E-state index is 0.455. The molecule has 0 bridgehead atoms. The molecule has 1 heterocycles. The second kappa shape index (κ2) is 6.52. The maximum atomic E-state index is 10.5. The molecule has 2 atom stereocenters. The van der Waals surface area contributed by atoms with Gasteiger partial charge in [0.25, 0.3) is 0 Å². The molecule has 0 amide bonds. The van der Waals surface area contributed by atoms with Gasteiger partial charge in [-0.1, -0.05) is 50.1 Å². The minimum atomic E-state index is -0.888. The Labute approximate surface area is 128 Å². The number of H-pyrrole nitrogens is 1. The average Bonchev–Trinajstić information content (AvgIpc) is 2.80. The number of hydrogen-bond acceptors (Lipinski definition) is 3. The van der Waals surface area contributed by atoms with Crippen LogP contribution in [0.2, 0.25) is 5.02 Å². The van der Waals surface area contributed by atoms with Crippen LogP contribution < -0.4 is 0 Å². The van der Waals surface area contributed by atoms with Gasteiger partial charge in [0.15, 0.2) is 10.6 Å². The zero-order chi connectivity index (χ0) is 14.7. The van der Waals surface area contributed by atoms with Crippen LogP contribution in [0.1, 0.15) is 37.8 Å². The van der Waals surface area contributed by atoms with Crippen molar-refractivity contribution in [1.29, 1.82) is 0 Å². The largest absolute Gasteiger partial charge is 0.380 e. The van der Waals surface area contributed by atoms with E-state index in [0.717, 1.165) is 13.0 Å². The second-order valence-corrected chi connectivity index (χ2v) is 5.73. The molecule has 2 aromatic rings. The smallest absolute Gasteiger partial charge is 0.195 e. The van der Waals surface area contributed by atoms with Crippen molar-refractivity contribution < 1.29 is 5.11 Å². The predicted octanol–water partition coefficient (Wildman–Crippen LogP) is 3.72. The lowest BCUT2D eigenvalue weighted by molar-refractivity contribution is 0.202. The summed E-state index contributed by atoms with van der Waals surface area (Å²) in [5.74, 6) is 0.958. The zero-order valence-corrected chi connectivity index (χ0v) is 13.1. The van der Waals surface area contributed by atoms with Crippen molar-refractivity contribution in [2.75, 3.05) is 0 Å². The summed E-state index contributed by atoms with van der Waals surface area (Å²) < 4.78 is 2.36. The van der Waals surface area contributed by atoms with Crippen molar-refractivity contribution in [1.82, 2.24) is 14.8 Å². The maximum Gasteiger partial charge on any atom is 0.195 e. The normalized spacial score (nSPS) is 14.2. The standard InChI is InChI=1S/C14H18ClN3OS/c1-3-9(2)8-18-13(16-17-14(18)20)12(19)10-6-4-5-7-11(10)15/h4-7,9,12,19H,3,8H2,1-2H3,(H,17,20). The molecule has 1 aromatic carbocycles. The van der Waals surface area contributed by atoms with Crippen LogP contribution >= 0.6 is 23.8 Å². The number of aromatic amines is 1. The van der Waals surface area contributed by atoms with Crippen molar-refractivity contribution in [3.05, 3.63) is 45.4 Å². The van der Waals surface area contributed by atoms with Gasteiger partial charge in [-0.2, -0.15) is 5.10 Å². The first-order valence-electron chi connectivity index (χ1n) is 6.62. The Morgan fingerprint density at radius 1 is 1.45 bits per heavy atom. The van der Waals surface area contributed by atoms with Crippen molar-refractivity contribution in [3.8, 4) is 0 Å². The molecular weight excluding hydrogens is 294 g/mol. The predicted molar refractivity (Wildman–Crippen MR) is 82.4 cm³/mol. The van der Waals surface area contributed by atoms with Crippen LogP contribution in [0.25, 0.3) is 0 Å². The Bertz CT molecular complexity index is 637. The molecule has 2 unspecified atom stereocenters. The summed E-state index contributed by atoms with van der Waals surface area (Å²) in [4.78, 5) is 0. The van der Waals surface area contributed by atoms with Gasteiger partial charge >= 0.3 is 0 Å². The Hall–Kier alpha value is -1.17. The molecule has 0 saturated heterocycles. The number of rotatable bonds is 5. The number of aliphatic hydroxyl groups excluding tert-OH is 1. The molecule has 0 spiro atoms. The van der Waals surface area contributed by atoms with Crippen LogP contribution in [-0.2, 0) is 6.54 Å². The highest BCUT2D eigenvalue weighted by Gasteiger charge is 2.20. The highest BCUT2D eigenvalue weighted by molar-refractivity contribution is 7.71. The van der Waals surface area contributed by atoms with E-state index >= 15 is 0 Å². The van der Waals surface area contributed by atoms with Crippen LogP contribution in [0.5, 0.6) is 0 Å². The fourth-order valence-electron chi connectivity index (χ4n) is 1.99. The summed E-state index contributed by atoms with van der Waals surface area (Å²) in [6.45, 7) is 4.99. The Kier molecular flexibility index (Phi) is 4.96. The number of nitrogens with zero attached hydrogens (tertiary/aromatic N) is 2. The molecule has 0 aliphatic heterocycles. The third kappa shape index (κ3) is 3.11. The number of hydrogen-bond donors (Lipinski definition) is 2. The summed E-state index contributed by atoms with van der Waals surface area (Å²) in [7, 11) is 0. The molecule has 4 nitrogen and oxygen atoms in total. The van der Waals surface area contributed by atoms with E-state index < -0.39 is 6.10 Å². The lowest BCUT2D eigenvalue weighted by Crippen LogP contribution is -2.14. The van der Waals surface area contributed by atoms with Crippen LogP contribution in [0.15, 0.2) is 24.3 Å².